The fourth-order valence-electron chi connectivity index (χ4n) is 8.38. The molecule has 1 saturated heterocycles. The Kier molecular flexibility index (Phi) is 5.52. The SMILES string of the molecule is CN1[C@@H]2c3[nH]c4ccccc4c3C[C@H]1[C@H](C#N)N1[C@@H](CNC(=O)c3ccc4ccccc4n3)c3[nH]c4ccccc4c3C[C@@H]21. The van der Waals surface area contributed by atoms with Crippen molar-refractivity contribution in [1.29, 1.82) is 5.26 Å². The highest BCUT2D eigenvalue weighted by molar-refractivity contribution is 5.95. The molecule has 3 aliphatic heterocycles. The zero-order valence-electron chi connectivity index (χ0n) is 24.3. The van der Waals surface area contributed by atoms with Gasteiger partial charge in [-0.2, -0.15) is 5.26 Å². The lowest BCUT2D eigenvalue weighted by molar-refractivity contribution is -0.0722. The summed E-state index contributed by atoms with van der Waals surface area (Å²) in [5.41, 5.74) is 8.37. The molecule has 5 atom stereocenters. The molecule has 1 amide bonds. The Morgan fingerprint density at radius 2 is 1.55 bits per heavy atom. The summed E-state index contributed by atoms with van der Waals surface area (Å²) in [6.45, 7) is 0.366. The van der Waals surface area contributed by atoms with Crippen LogP contribution in [-0.4, -0.2) is 62.4 Å². The Hall–Kier alpha value is -4.97. The van der Waals surface area contributed by atoms with Gasteiger partial charge in [0.1, 0.15) is 11.7 Å². The maximum absolute atomic E-state index is 13.6. The number of likely N-dealkylation sites (N-methyl/N-ethyl adjacent to an activating group) is 1. The molecule has 0 aliphatic carbocycles. The number of rotatable bonds is 3. The molecule has 8 nitrogen and oxygen atoms in total. The maximum atomic E-state index is 13.6. The van der Waals surface area contributed by atoms with E-state index in [-0.39, 0.29) is 36.1 Å². The summed E-state index contributed by atoms with van der Waals surface area (Å²) in [5, 5.41) is 17.5. The smallest absolute Gasteiger partial charge is 0.269 e. The van der Waals surface area contributed by atoms with Gasteiger partial charge in [-0.1, -0.05) is 60.7 Å². The van der Waals surface area contributed by atoms with Crippen LogP contribution in [0.2, 0.25) is 0 Å². The molecule has 8 heteroatoms. The van der Waals surface area contributed by atoms with E-state index in [1.54, 1.807) is 6.07 Å². The minimum absolute atomic E-state index is 0.0271. The molecule has 1 fully saturated rings. The number of benzene rings is 3. The van der Waals surface area contributed by atoms with Gasteiger partial charge in [-0.25, -0.2) is 4.98 Å². The summed E-state index contributed by atoms with van der Waals surface area (Å²) in [6, 6.07) is 30.8. The molecule has 0 unspecified atom stereocenters. The Labute approximate surface area is 254 Å². The van der Waals surface area contributed by atoms with Crippen molar-refractivity contribution in [2.45, 2.75) is 43.1 Å². The fraction of sp³-hybridized carbons (Fsp3) is 0.250. The van der Waals surface area contributed by atoms with E-state index in [1.165, 1.54) is 27.6 Å². The second-order valence-electron chi connectivity index (χ2n) is 12.4. The normalized spacial score (nSPS) is 24.5. The number of amides is 1. The van der Waals surface area contributed by atoms with Crippen LogP contribution < -0.4 is 5.32 Å². The van der Waals surface area contributed by atoms with E-state index in [2.05, 4.69) is 91.7 Å². The number of H-pyrrole nitrogens is 2. The summed E-state index contributed by atoms with van der Waals surface area (Å²) >= 11 is 0. The summed E-state index contributed by atoms with van der Waals surface area (Å²) < 4.78 is 0. The molecule has 3 aliphatic rings. The Morgan fingerprint density at radius 1 is 0.886 bits per heavy atom. The lowest BCUT2D eigenvalue weighted by atomic mass is 9.75. The second-order valence-corrected chi connectivity index (χ2v) is 12.4. The van der Waals surface area contributed by atoms with Crippen LogP contribution in [0.15, 0.2) is 84.9 Å². The molecule has 3 aromatic heterocycles. The number of hydrogen-bond donors (Lipinski definition) is 3. The number of piperazine rings is 1. The third-order valence-corrected chi connectivity index (χ3v) is 10.3. The highest BCUT2D eigenvalue weighted by Gasteiger charge is 2.55. The van der Waals surface area contributed by atoms with Crippen LogP contribution >= 0.6 is 0 Å². The first kappa shape index (κ1) is 25.5. The van der Waals surface area contributed by atoms with Gasteiger partial charge in [0.2, 0.25) is 0 Å². The van der Waals surface area contributed by atoms with Gasteiger partial charge in [-0.3, -0.25) is 14.6 Å². The van der Waals surface area contributed by atoms with Crippen molar-refractivity contribution < 1.29 is 4.79 Å². The van der Waals surface area contributed by atoms with E-state index in [4.69, 9.17) is 0 Å². The van der Waals surface area contributed by atoms with Crippen molar-refractivity contribution in [1.82, 2.24) is 30.1 Å². The molecule has 44 heavy (non-hydrogen) atoms. The topological polar surface area (TPSA) is 104 Å². The van der Waals surface area contributed by atoms with Crippen LogP contribution in [0.25, 0.3) is 32.7 Å². The Morgan fingerprint density at radius 3 is 2.32 bits per heavy atom. The van der Waals surface area contributed by atoms with Crippen molar-refractivity contribution in [3.8, 4) is 6.07 Å². The largest absolute Gasteiger partial charge is 0.357 e. The molecular formula is C36H31N7O. The van der Waals surface area contributed by atoms with E-state index in [9.17, 15) is 10.1 Å². The van der Waals surface area contributed by atoms with Crippen molar-refractivity contribution >= 4 is 38.6 Å². The number of carbonyl (C=O) groups is 1. The number of para-hydroxylation sites is 3. The van der Waals surface area contributed by atoms with Gasteiger partial charge in [0, 0.05) is 57.2 Å². The third kappa shape index (κ3) is 3.57. The molecule has 3 N–H and O–H groups in total. The number of nitrogens with zero attached hydrogens (tertiary/aromatic N) is 4. The number of nitriles is 1. The first-order chi connectivity index (χ1) is 21.6. The highest BCUT2D eigenvalue weighted by Crippen LogP contribution is 2.51. The average Bonchev–Trinajstić information content (AvgIpc) is 3.61. The fourth-order valence-corrected chi connectivity index (χ4v) is 8.38. The molecule has 0 spiro atoms. The van der Waals surface area contributed by atoms with Crippen molar-refractivity contribution in [2.24, 2.45) is 0 Å². The van der Waals surface area contributed by atoms with E-state index >= 15 is 0 Å². The molecule has 6 aromatic rings. The van der Waals surface area contributed by atoms with Gasteiger partial charge in [-0.05, 0) is 55.3 Å². The number of nitrogens with one attached hydrogen (secondary N) is 3. The van der Waals surface area contributed by atoms with Crippen LogP contribution in [0.1, 0.15) is 45.1 Å². The number of pyridine rings is 1. The molecule has 3 aromatic carbocycles. The van der Waals surface area contributed by atoms with Crippen molar-refractivity contribution in [3.63, 3.8) is 0 Å². The minimum atomic E-state index is -0.344. The van der Waals surface area contributed by atoms with Crippen LogP contribution in [0.4, 0.5) is 0 Å². The van der Waals surface area contributed by atoms with Crippen molar-refractivity contribution in [2.75, 3.05) is 13.6 Å². The molecule has 2 bridgehead atoms. The van der Waals surface area contributed by atoms with Crippen molar-refractivity contribution in [3.05, 3.63) is 113 Å². The summed E-state index contributed by atoms with van der Waals surface area (Å²) in [6.07, 6.45) is 1.61. The molecule has 216 valence electrons. The number of carbonyl (C=O) groups excluding carboxylic acids is 1. The zero-order chi connectivity index (χ0) is 29.5. The number of fused-ring (bicyclic) bond motifs is 12. The zero-order valence-corrected chi connectivity index (χ0v) is 24.3. The van der Waals surface area contributed by atoms with Gasteiger partial charge in [0.15, 0.2) is 0 Å². The summed E-state index contributed by atoms with van der Waals surface area (Å²) in [7, 11) is 2.18. The first-order valence-electron chi connectivity index (χ1n) is 15.3. The summed E-state index contributed by atoms with van der Waals surface area (Å²) in [5.74, 6) is -0.212. The Balaban J connectivity index is 1.15. The molecule has 0 saturated carbocycles. The second kappa shape index (κ2) is 9.52. The van der Waals surface area contributed by atoms with Gasteiger partial charge < -0.3 is 15.3 Å². The minimum Gasteiger partial charge on any atom is -0.357 e. The average molecular weight is 578 g/mol. The van der Waals surface area contributed by atoms with Gasteiger partial charge in [-0.15, -0.1) is 0 Å². The third-order valence-electron chi connectivity index (χ3n) is 10.3. The number of aromatic amines is 2. The van der Waals surface area contributed by atoms with Crippen LogP contribution in [0, 0.1) is 11.3 Å². The van der Waals surface area contributed by atoms with E-state index in [0.29, 0.717) is 12.2 Å². The number of hydrogen-bond acceptors (Lipinski definition) is 5. The molecule has 9 rings (SSSR count). The summed E-state index contributed by atoms with van der Waals surface area (Å²) in [4.78, 5) is 30.5. The monoisotopic (exact) mass is 577 g/mol. The standard InChI is InChI=1S/C36H31N7O/c1-42-29-16-24-22-10-4-7-13-27(22)41-34(24)35(42)30-17-23-21-9-3-6-12-26(21)40-33(23)32(43(30)31(29)18-37)19-38-36(44)28-15-14-20-8-2-5-11-25(20)39-28/h2-15,29-32,35,40-41H,16-17,19H2,1H3,(H,38,44)/t29-,30-,31-,32-,35-/m0/s1. The van der Waals surface area contributed by atoms with Crippen LogP contribution in [0.5, 0.6) is 0 Å². The van der Waals surface area contributed by atoms with Gasteiger partial charge in [0.05, 0.1) is 23.7 Å². The highest BCUT2D eigenvalue weighted by atomic mass is 16.1. The van der Waals surface area contributed by atoms with E-state index in [0.717, 1.165) is 40.5 Å². The van der Waals surface area contributed by atoms with E-state index < -0.39 is 0 Å². The van der Waals surface area contributed by atoms with Crippen LogP contribution in [-0.2, 0) is 12.8 Å². The Bertz CT molecular complexity index is 2150. The van der Waals surface area contributed by atoms with E-state index in [1.807, 2.05) is 30.3 Å². The predicted octanol–water partition coefficient (Wildman–Crippen LogP) is 5.40. The van der Waals surface area contributed by atoms with Crippen LogP contribution in [0.3, 0.4) is 0 Å². The molecule has 0 radical (unpaired) electrons. The predicted molar refractivity (Wildman–Crippen MR) is 170 cm³/mol. The molecular weight excluding hydrogens is 546 g/mol. The number of aromatic nitrogens is 3. The first-order valence-corrected chi connectivity index (χ1v) is 15.3. The maximum Gasteiger partial charge on any atom is 0.269 e. The molecule has 6 heterocycles. The lowest BCUT2D eigenvalue weighted by Gasteiger charge is -2.58. The van der Waals surface area contributed by atoms with Gasteiger partial charge >= 0.3 is 0 Å². The lowest BCUT2D eigenvalue weighted by Crippen LogP contribution is -2.68. The quantitative estimate of drug-likeness (QED) is 0.261. The van der Waals surface area contributed by atoms with Gasteiger partial charge in [0.25, 0.3) is 5.91 Å².